The summed E-state index contributed by atoms with van der Waals surface area (Å²) in [5.74, 6) is -3.17. The number of alkyl halides is 2. The van der Waals surface area contributed by atoms with Gasteiger partial charge in [0.25, 0.3) is 5.91 Å². The van der Waals surface area contributed by atoms with Gasteiger partial charge in [0, 0.05) is 66.6 Å². The molecule has 0 spiro atoms. The Morgan fingerprint density at radius 2 is 1.65 bits per heavy atom. The molecule has 7 nitrogen and oxygen atoms in total. The minimum atomic E-state index is -3.40. The third kappa shape index (κ3) is 4.93. The van der Waals surface area contributed by atoms with Crippen LogP contribution in [0.1, 0.15) is 26.3 Å². The fourth-order valence-corrected chi connectivity index (χ4v) is 5.45. The van der Waals surface area contributed by atoms with Crippen molar-refractivity contribution in [3.05, 3.63) is 72.6 Å². The van der Waals surface area contributed by atoms with Crippen molar-refractivity contribution in [3.8, 4) is 34.1 Å². The summed E-state index contributed by atoms with van der Waals surface area (Å²) < 4.78 is 33.3. The number of aromatic nitrogens is 2. The minimum Gasteiger partial charge on any atom is -0.495 e. The van der Waals surface area contributed by atoms with E-state index in [0.717, 1.165) is 33.2 Å². The molecule has 204 valence electrons. The second-order valence-corrected chi connectivity index (χ2v) is 10.2. The van der Waals surface area contributed by atoms with Crippen LogP contribution in [0.5, 0.6) is 5.75 Å². The maximum absolute atomic E-state index is 13.7. The molecule has 1 saturated heterocycles. The summed E-state index contributed by atoms with van der Waals surface area (Å²) in [6.45, 7) is 5.00. The molecule has 0 N–H and O–H groups in total. The molecule has 5 rings (SSSR count). The number of para-hydroxylation sites is 1. The van der Waals surface area contributed by atoms with Gasteiger partial charge in [0.1, 0.15) is 11.6 Å². The molecule has 1 fully saturated rings. The highest BCUT2D eigenvalue weighted by atomic mass is 19.3. The quantitative estimate of drug-likeness (QED) is 0.312. The lowest BCUT2D eigenvalue weighted by atomic mass is 9.98. The summed E-state index contributed by atoms with van der Waals surface area (Å²) in [5.41, 5.74) is 4.86. The number of rotatable bonds is 5. The number of nitriles is 1. The van der Waals surface area contributed by atoms with Crippen molar-refractivity contribution < 1.29 is 18.3 Å². The molecule has 1 aliphatic rings. The predicted molar refractivity (Wildman–Crippen MR) is 150 cm³/mol. The Balaban J connectivity index is 1.43. The zero-order valence-corrected chi connectivity index (χ0v) is 22.7. The van der Waals surface area contributed by atoms with Crippen LogP contribution >= 0.6 is 0 Å². The highest BCUT2D eigenvalue weighted by Gasteiger charge is 2.43. The van der Waals surface area contributed by atoms with Gasteiger partial charge < -0.3 is 14.5 Å². The molecule has 0 aliphatic carbocycles. The molecule has 40 heavy (non-hydrogen) atoms. The number of nitrogens with zero attached hydrogens (tertiary/aromatic N) is 5. The Bertz CT molecular complexity index is 1580. The van der Waals surface area contributed by atoms with Crippen LogP contribution in [0.25, 0.3) is 33.2 Å². The van der Waals surface area contributed by atoms with E-state index < -0.39 is 23.9 Å². The summed E-state index contributed by atoms with van der Waals surface area (Å²) in [6.07, 6.45) is 3.52. The van der Waals surface area contributed by atoms with Crippen LogP contribution in [0.2, 0.25) is 0 Å². The van der Waals surface area contributed by atoms with Gasteiger partial charge in [-0.2, -0.15) is 14.0 Å². The summed E-state index contributed by atoms with van der Waals surface area (Å²) in [7, 11) is 1.62. The molecule has 2 aromatic carbocycles. The van der Waals surface area contributed by atoms with Gasteiger partial charge in [-0.25, -0.2) is 4.98 Å². The Hall–Kier alpha value is -4.58. The highest BCUT2D eigenvalue weighted by Crippen LogP contribution is 2.39. The van der Waals surface area contributed by atoms with E-state index in [-0.39, 0.29) is 0 Å². The first-order valence-electron chi connectivity index (χ1n) is 13.0. The normalized spacial score (nSPS) is 17.5. The number of piperazine rings is 1. The Morgan fingerprint density at radius 1 is 0.975 bits per heavy atom. The number of ether oxygens (including phenoxy) is 1. The van der Waals surface area contributed by atoms with Crippen LogP contribution in [0.4, 0.5) is 14.6 Å². The largest absolute Gasteiger partial charge is 0.495 e. The molecule has 2 aromatic heterocycles. The van der Waals surface area contributed by atoms with E-state index in [1.165, 1.54) is 4.90 Å². The Kier molecular flexibility index (Phi) is 7.11. The van der Waals surface area contributed by atoms with E-state index in [4.69, 9.17) is 15.0 Å². The maximum atomic E-state index is 13.7. The first-order valence-corrected chi connectivity index (χ1v) is 13.0. The lowest BCUT2D eigenvalue weighted by molar-refractivity contribution is -0.160. The van der Waals surface area contributed by atoms with E-state index in [9.17, 15) is 13.6 Å². The number of amides is 1. The van der Waals surface area contributed by atoms with E-state index in [2.05, 4.69) is 11.1 Å². The van der Waals surface area contributed by atoms with Crippen LogP contribution < -0.4 is 9.64 Å². The highest BCUT2D eigenvalue weighted by molar-refractivity contribution is 6.00. The van der Waals surface area contributed by atoms with E-state index in [0.29, 0.717) is 37.1 Å². The number of carbonyl (C=O) groups excluding carboxylic acids is 1. The lowest BCUT2D eigenvalue weighted by Crippen LogP contribution is -2.61. The molecule has 9 heteroatoms. The average Bonchev–Trinajstić information content (AvgIpc) is 2.95. The van der Waals surface area contributed by atoms with Gasteiger partial charge >= 0.3 is 5.92 Å². The molecule has 0 radical (unpaired) electrons. The maximum Gasteiger partial charge on any atom is 0.322 e. The summed E-state index contributed by atoms with van der Waals surface area (Å²) >= 11 is 0. The number of benzene rings is 2. The van der Waals surface area contributed by atoms with E-state index in [1.54, 1.807) is 45.5 Å². The smallest absolute Gasteiger partial charge is 0.322 e. The second kappa shape index (κ2) is 10.5. The van der Waals surface area contributed by atoms with Crippen molar-refractivity contribution in [1.29, 1.82) is 5.26 Å². The molecule has 3 heterocycles. The van der Waals surface area contributed by atoms with Crippen molar-refractivity contribution in [2.45, 2.75) is 38.8 Å². The molecule has 4 aromatic rings. The minimum absolute atomic E-state index is 0.390. The van der Waals surface area contributed by atoms with Crippen LogP contribution in [-0.4, -0.2) is 59.0 Å². The van der Waals surface area contributed by atoms with Crippen molar-refractivity contribution >= 4 is 22.6 Å². The lowest BCUT2D eigenvalue weighted by Gasteiger charge is -2.45. The number of hydrogen-bond donors (Lipinski definition) is 0. The molecule has 2 atom stereocenters. The Morgan fingerprint density at radius 3 is 2.23 bits per heavy atom. The second-order valence-electron chi connectivity index (χ2n) is 10.2. The van der Waals surface area contributed by atoms with Crippen molar-refractivity contribution in [1.82, 2.24) is 14.9 Å². The van der Waals surface area contributed by atoms with Crippen molar-refractivity contribution in [3.63, 3.8) is 0 Å². The number of fused-ring (bicyclic) bond motifs is 1. The number of carbonyl (C=O) groups is 1. The van der Waals surface area contributed by atoms with Gasteiger partial charge in [0.05, 0.1) is 24.3 Å². The monoisotopic (exact) mass is 541 g/mol. The number of halogens is 2. The first kappa shape index (κ1) is 27.0. The van der Waals surface area contributed by atoms with Gasteiger partial charge in [-0.05, 0) is 49.7 Å². The summed E-state index contributed by atoms with van der Waals surface area (Å²) in [6, 6.07) is 18.5. The molecule has 0 saturated carbocycles. The fraction of sp³-hybridized carbons (Fsp3) is 0.290. The predicted octanol–water partition coefficient (Wildman–Crippen LogP) is 5.92. The van der Waals surface area contributed by atoms with Crippen LogP contribution in [0.3, 0.4) is 0 Å². The molecule has 1 amide bonds. The zero-order valence-electron chi connectivity index (χ0n) is 22.7. The molecular formula is C31H29F2N5O2. The average molecular weight is 542 g/mol. The number of anilines is 1. The zero-order chi connectivity index (χ0) is 28.6. The van der Waals surface area contributed by atoms with Crippen LogP contribution in [0, 0.1) is 11.3 Å². The van der Waals surface area contributed by atoms with Gasteiger partial charge in [-0.1, -0.05) is 24.3 Å². The summed E-state index contributed by atoms with van der Waals surface area (Å²) in [5, 5.41) is 9.97. The third-order valence-electron chi connectivity index (χ3n) is 7.29. The van der Waals surface area contributed by atoms with E-state index >= 15 is 0 Å². The van der Waals surface area contributed by atoms with Gasteiger partial charge in [-0.3, -0.25) is 9.78 Å². The molecule has 1 aliphatic heterocycles. The van der Waals surface area contributed by atoms with Crippen LogP contribution in [-0.2, 0) is 4.79 Å². The van der Waals surface area contributed by atoms with Crippen molar-refractivity contribution in [2.24, 2.45) is 0 Å². The number of hydrogen-bond acceptors (Lipinski definition) is 6. The molecule has 1 unspecified atom stereocenters. The SMILES string of the molecule is COc1c(-c2ccc(N3CC(C)N(C(=O)C(C)(F)F)[C@H](C)C3)nc2)cnc2c(-c3ccc(C#N)cc3)cccc12. The topological polar surface area (TPSA) is 82.3 Å². The number of pyridine rings is 2. The third-order valence-corrected chi connectivity index (χ3v) is 7.29. The van der Waals surface area contributed by atoms with E-state index in [1.807, 2.05) is 47.4 Å². The number of methoxy groups -OCH3 is 1. The van der Waals surface area contributed by atoms with Crippen molar-refractivity contribution in [2.75, 3.05) is 25.1 Å². The standard InChI is InChI=1S/C31H29F2N5O2/c1-19-17-37(18-20(2)38(19)30(39)31(3,32)33)27-13-12-23(15-35-27)26-16-36-28-24(6-5-7-25(28)29(26)40-4)22-10-8-21(14-34)9-11-22/h5-13,15-16,19-20H,17-18H2,1-4H3/t19-,20?/m1/s1. The first-order chi connectivity index (χ1) is 19.1. The molecule has 0 bridgehead atoms. The fourth-order valence-electron chi connectivity index (χ4n) is 5.45. The Labute approximate surface area is 231 Å². The van der Waals surface area contributed by atoms with Gasteiger partial charge in [0.15, 0.2) is 0 Å². The van der Waals surface area contributed by atoms with Crippen LogP contribution in [0.15, 0.2) is 67.0 Å². The van der Waals surface area contributed by atoms with Gasteiger partial charge in [0.2, 0.25) is 0 Å². The van der Waals surface area contributed by atoms with Gasteiger partial charge in [-0.15, -0.1) is 0 Å². The molecular weight excluding hydrogens is 512 g/mol. The summed E-state index contributed by atoms with van der Waals surface area (Å²) in [4.78, 5) is 25.0.